The molecule has 0 aliphatic carbocycles. The van der Waals surface area contributed by atoms with E-state index in [4.69, 9.17) is 9.73 Å². The number of carboxylic acids is 1. The maximum atomic E-state index is 14.2. The van der Waals surface area contributed by atoms with Crippen molar-refractivity contribution in [3.8, 4) is 5.75 Å². The van der Waals surface area contributed by atoms with Gasteiger partial charge in [0, 0.05) is 54.8 Å². The molecule has 7 nitrogen and oxygen atoms in total. The average molecular weight is 557 g/mol. The topological polar surface area (TPSA) is 87.4 Å². The van der Waals surface area contributed by atoms with E-state index in [1.807, 2.05) is 13.0 Å². The summed E-state index contributed by atoms with van der Waals surface area (Å²) < 4.78 is 60.4. The molecule has 2 aliphatic heterocycles. The molecule has 40 heavy (non-hydrogen) atoms. The van der Waals surface area contributed by atoms with Crippen molar-refractivity contribution < 1.29 is 32.2 Å². The maximum Gasteiger partial charge on any atom is 0.416 e. The van der Waals surface area contributed by atoms with Crippen LogP contribution in [-0.2, 0) is 0 Å². The summed E-state index contributed by atoms with van der Waals surface area (Å²) in [5, 5.41) is 9.53. The van der Waals surface area contributed by atoms with Gasteiger partial charge >= 0.3 is 12.1 Å². The molecule has 1 atom stereocenters. The predicted molar refractivity (Wildman–Crippen MR) is 144 cm³/mol. The van der Waals surface area contributed by atoms with Gasteiger partial charge in [-0.1, -0.05) is 19.9 Å². The van der Waals surface area contributed by atoms with Gasteiger partial charge in [-0.15, -0.1) is 0 Å². The number of methoxy groups -OCH3 is 1. The summed E-state index contributed by atoms with van der Waals surface area (Å²) in [6, 6.07) is 5.46. The highest BCUT2D eigenvalue weighted by Gasteiger charge is 2.36. The number of amidine groups is 2. The average Bonchev–Trinajstić information content (AvgIpc) is 2.91. The second kappa shape index (κ2) is 11.8. The van der Waals surface area contributed by atoms with Crippen molar-refractivity contribution in [2.75, 3.05) is 13.7 Å². The Balaban J connectivity index is 1.89. The predicted octanol–water partition coefficient (Wildman–Crippen LogP) is 6.97. The number of allylic oxidation sites excluding steroid dienone is 3. The van der Waals surface area contributed by atoms with Crippen molar-refractivity contribution in [3.63, 3.8) is 0 Å². The van der Waals surface area contributed by atoms with Crippen LogP contribution >= 0.6 is 0 Å². The number of benzene rings is 1. The zero-order valence-corrected chi connectivity index (χ0v) is 22.2. The summed E-state index contributed by atoms with van der Waals surface area (Å²) in [4.78, 5) is 26.7. The van der Waals surface area contributed by atoms with Crippen LogP contribution in [0.1, 0.15) is 49.0 Å². The minimum Gasteiger partial charge on any atom is -0.497 e. The van der Waals surface area contributed by atoms with Crippen LogP contribution in [0.15, 0.2) is 76.1 Å². The van der Waals surface area contributed by atoms with Crippen molar-refractivity contribution in [1.29, 1.82) is 0 Å². The second-order valence-electron chi connectivity index (χ2n) is 9.49. The van der Waals surface area contributed by atoms with Gasteiger partial charge in [0.2, 0.25) is 0 Å². The molecular formula is C29H28F4N4O3. The van der Waals surface area contributed by atoms with Gasteiger partial charge < -0.3 is 14.7 Å². The molecule has 1 unspecified atom stereocenters. The van der Waals surface area contributed by atoms with Gasteiger partial charge in [-0.3, -0.25) is 4.98 Å². The first-order chi connectivity index (χ1) is 19.0. The minimum atomic E-state index is -4.51. The fraction of sp³-hybridized carbons (Fsp3) is 0.310. The third-order valence-corrected chi connectivity index (χ3v) is 6.56. The molecule has 0 spiro atoms. The number of hydrogen-bond acceptors (Lipinski definition) is 5. The van der Waals surface area contributed by atoms with Crippen LogP contribution < -0.4 is 4.74 Å². The Morgan fingerprint density at radius 3 is 2.67 bits per heavy atom. The quantitative estimate of drug-likeness (QED) is 0.402. The molecule has 0 saturated carbocycles. The lowest BCUT2D eigenvalue weighted by molar-refractivity contribution is -0.0896. The maximum absolute atomic E-state index is 14.2. The Bertz CT molecular complexity index is 1460. The van der Waals surface area contributed by atoms with Gasteiger partial charge in [0.1, 0.15) is 23.2 Å². The molecule has 1 aromatic carbocycles. The van der Waals surface area contributed by atoms with E-state index in [-0.39, 0.29) is 47.3 Å². The zero-order chi connectivity index (χ0) is 29.0. The van der Waals surface area contributed by atoms with Crippen molar-refractivity contribution in [3.05, 3.63) is 83.1 Å². The molecule has 0 fully saturated rings. The van der Waals surface area contributed by atoms with Crippen molar-refractivity contribution in [2.45, 2.75) is 39.3 Å². The Kier molecular flexibility index (Phi) is 8.51. The second-order valence-corrected chi connectivity index (χ2v) is 9.49. The molecule has 2 aromatic rings. The summed E-state index contributed by atoms with van der Waals surface area (Å²) in [5.41, 5.74) is 0.644. The number of ether oxygens (including phenoxy) is 1. The third kappa shape index (κ3) is 6.64. The van der Waals surface area contributed by atoms with E-state index in [9.17, 15) is 27.5 Å². The van der Waals surface area contributed by atoms with E-state index in [2.05, 4.69) is 9.98 Å². The lowest BCUT2D eigenvalue weighted by Gasteiger charge is -2.31. The van der Waals surface area contributed by atoms with Crippen LogP contribution in [0.25, 0.3) is 5.57 Å². The van der Waals surface area contributed by atoms with Gasteiger partial charge in [0.25, 0.3) is 0 Å². The first kappa shape index (κ1) is 28.7. The SMILES string of the molecule is CCC1=C(C(F)(F)F)C=CN(C2=NC(=Nc3cc(F)cc(OC)c3)CCC(C)/C=C\2c2cncc(C(=O)O)c2)C1. The zero-order valence-electron chi connectivity index (χ0n) is 22.2. The highest BCUT2D eigenvalue weighted by atomic mass is 19.4. The summed E-state index contributed by atoms with van der Waals surface area (Å²) in [5.74, 6) is -0.867. The Labute approximate surface area is 228 Å². The van der Waals surface area contributed by atoms with Crippen LogP contribution in [0.5, 0.6) is 5.75 Å². The highest BCUT2D eigenvalue weighted by molar-refractivity contribution is 6.26. The van der Waals surface area contributed by atoms with E-state index in [1.165, 1.54) is 43.9 Å². The molecule has 0 amide bonds. The number of hydrogen-bond donors (Lipinski definition) is 1. The number of aromatic nitrogens is 1. The van der Waals surface area contributed by atoms with E-state index in [1.54, 1.807) is 17.9 Å². The van der Waals surface area contributed by atoms with E-state index >= 15 is 0 Å². The largest absolute Gasteiger partial charge is 0.497 e. The van der Waals surface area contributed by atoms with Crippen molar-refractivity contribution in [1.82, 2.24) is 9.88 Å². The summed E-state index contributed by atoms with van der Waals surface area (Å²) in [7, 11) is 1.41. The number of carboxylic acid groups (broad SMARTS) is 1. The number of pyridine rings is 1. The Morgan fingerprint density at radius 1 is 1.23 bits per heavy atom. The van der Waals surface area contributed by atoms with Gasteiger partial charge in [0.15, 0.2) is 0 Å². The van der Waals surface area contributed by atoms with Gasteiger partial charge in [-0.05, 0) is 42.5 Å². The highest BCUT2D eigenvalue weighted by Crippen LogP contribution is 2.35. The first-order valence-electron chi connectivity index (χ1n) is 12.6. The normalized spacial score (nSPS) is 20.5. The number of aliphatic imine (C=N–C) groups is 2. The van der Waals surface area contributed by atoms with Crippen molar-refractivity contribution >= 4 is 28.9 Å². The summed E-state index contributed by atoms with van der Waals surface area (Å²) >= 11 is 0. The van der Waals surface area contributed by atoms with Crippen LogP contribution in [-0.4, -0.2) is 52.5 Å². The summed E-state index contributed by atoms with van der Waals surface area (Å²) in [6.45, 7) is 3.53. The van der Waals surface area contributed by atoms with Crippen LogP contribution in [0, 0.1) is 11.7 Å². The van der Waals surface area contributed by atoms with E-state index in [0.29, 0.717) is 29.8 Å². The molecule has 3 heterocycles. The van der Waals surface area contributed by atoms with E-state index < -0.39 is 23.5 Å². The van der Waals surface area contributed by atoms with Gasteiger partial charge in [-0.2, -0.15) is 13.2 Å². The fourth-order valence-corrected chi connectivity index (χ4v) is 4.51. The smallest absolute Gasteiger partial charge is 0.416 e. The molecule has 11 heteroatoms. The third-order valence-electron chi connectivity index (χ3n) is 6.56. The van der Waals surface area contributed by atoms with E-state index in [0.717, 1.165) is 6.08 Å². The van der Waals surface area contributed by atoms with Gasteiger partial charge in [-0.25, -0.2) is 19.2 Å². The number of alkyl halides is 3. The number of carbonyl (C=O) groups is 1. The lowest BCUT2D eigenvalue weighted by atomic mass is 9.94. The molecule has 1 N–H and O–H groups in total. The molecule has 0 radical (unpaired) electrons. The number of halogens is 4. The van der Waals surface area contributed by atoms with Crippen LogP contribution in [0.3, 0.4) is 0 Å². The molecule has 1 aromatic heterocycles. The monoisotopic (exact) mass is 556 g/mol. The standard InChI is InChI=1S/C29H28F4N4O3/c1-4-18-16-37(8-7-25(18)29(31,32)33)27-24(19-10-20(28(38)39)15-34-14-19)9-17(2)5-6-26(36-27)35-22-11-21(30)12-23(13-22)40-3/h7-15,17H,4-6,16H2,1-3H3,(H,38,39)/b24-9-,35-26?,36-27?. The fourth-order valence-electron chi connectivity index (χ4n) is 4.51. The van der Waals surface area contributed by atoms with Crippen LogP contribution in [0.2, 0.25) is 0 Å². The molecule has 0 saturated heterocycles. The number of aromatic carboxylic acids is 1. The molecule has 2 aliphatic rings. The lowest BCUT2D eigenvalue weighted by Crippen LogP contribution is -2.34. The number of nitrogens with zero attached hydrogens (tertiary/aromatic N) is 4. The molecule has 210 valence electrons. The first-order valence-corrected chi connectivity index (χ1v) is 12.6. The molecular weight excluding hydrogens is 528 g/mol. The Hall–Kier alpha value is -4.28. The Morgan fingerprint density at radius 2 is 2.00 bits per heavy atom. The summed E-state index contributed by atoms with van der Waals surface area (Å²) in [6.07, 6.45) is 3.63. The molecule has 0 bridgehead atoms. The van der Waals surface area contributed by atoms with Crippen molar-refractivity contribution in [2.24, 2.45) is 15.9 Å². The molecule has 4 rings (SSSR count). The van der Waals surface area contributed by atoms with Gasteiger partial charge in [0.05, 0.1) is 23.9 Å². The minimum absolute atomic E-state index is 0.0399. The number of rotatable bonds is 5. The van der Waals surface area contributed by atoms with Crippen LogP contribution in [0.4, 0.5) is 23.2 Å².